The molecule has 1 unspecified atom stereocenters. The summed E-state index contributed by atoms with van der Waals surface area (Å²) >= 11 is 0. The second-order valence-electron chi connectivity index (χ2n) is 4.37. The number of hydrogen-bond acceptors (Lipinski definition) is 3. The van der Waals surface area contributed by atoms with Crippen LogP contribution < -0.4 is 5.73 Å². The van der Waals surface area contributed by atoms with Gasteiger partial charge in [0, 0.05) is 17.2 Å². The second-order valence-corrected chi connectivity index (χ2v) is 4.37. The summed E-state index contributed by atoms with van der Waals surface area (Å²) in [6.07, 6.45) is 0.561. The summed E-state index contributed by atoms with van der Waals surface area (Å²) in [6.45, 7) is 0. The molecule has 0 aliphatic rings. The third kappa shape index (κ3) is 1.73. The largest absolute Gasteiger partial charge is 0.456 e. The van der Waals surface area contributed by atoms with Crippen LogP contribution in [0.2, 0.25) is 0 Å². The number of hydrogen-bond donors (Lipinski definition) is 1. The number of nitriles is 1. The molecule has 0 bridgehead atoms. The molecule has 0 fully saturated rings. The van der Waals surface area contributed by atoms with Crippen molar-refractivity contribution in [1.82, 2.24) is 0 Å². The van der Waals surface area contributed by atoms with Gasteiger partial charge >= 0.3 is 0 Å². The van der Waals surface area contributed by atoms with Gasteiger partial charge in [-0.25, -0.2) is 0 Å². The van der Waals surface area contributed by atoms with E-state index in [4.69, 9.17) is 15.4 Å². The van der Waals surface area contributed by atoms with E-state index in [1.165, 1.54) is 0 Å². The fourth-order valence-corrected chi connectivity index (χ4v) is 2.20. The molecule has 1 atom stereocenters. The van der Waals surface area contributed by atoms with Gasteiger partial charge in [0.25, 0.3) is 0 Å². The van der Waals surface area contributed by atoms with Crippen LogP contribution in [0.1, 0.15) is 5.56 Å². The van der Waals surface area contributed by atoms with Crippen molar-refractivity contribution in [2.45, 2.75) is 12.5 Å². The average molecular weight is 236 g/mol. The summed E-state index contributed by atoms with van der Waals surface area (Å²) in [5.74, 6) is 0. The molecular weight excluding hydrogens is 224 g/mol. The summed E-state index contributed by atoms with van der Waals surface area (Å²) in [5, 5.41) is 10.9. The molecule has 3 nitrogen and oxygen atoms in total. The maximum Gasteiger partial charge on any atom is 0.135 e. The minimum Gasteiger partial charge on any atom is -0.456 e. The first-order valence-electron chi connectivity index (χ1n) is 5.83. The van der Waals surface area contributed by atoms with Gasteiger partial charge in [-0.2, -0.15) is 5.26 Å². The van der Waals surface area contributed by atoms with E-state index in [1.807, 2.05) is 42.5 Å². The van der Waals surface area contributed by atoms with E-state index in [0.29, 0.717) is 6.42 Å². The van der Waals surface area contributed by atoms with Crippen LogP contribution in [0.15, 0.2) is 46.9 Å². The summed E-state index contributed by atoms with van der Waals surface area (Å²) in [6, 6.07) is 15.5. The summed E-state index contributed by atoms with van der Waals surface area (Å²) in [5.41, 5.74) is 8.46. The average Bonchev–Trinajstić information content (AvgIpc) is 2.77. The molecule has 0 aliphatic carbocycles. The van der Waals surface area contributed by atoms with E-state index in [9.17, 15) is 0 Å². The number of benzene rings is 2. The van der Waals surface area contributed by atoms with Gasteiger partial charge in [-0.1, -0.05) is 24.3 Å². The first-order chi connectivity index (χ1) is 8.78. The minimum absolute atomic E-state index is 0.458. The van der Waals surface area contributed by atoms with Crippen molar-refractivity contribution >= 4 is 21.9 Å². The Hall–Kier alpha value is -2.31. The second kappa shape index (κ2) is 4.17. The van der Waals surface area contributed by atoms with Crippen LogP contribution in [0.5, 0.6) is 0 Å². The van der Waals surface area contributed by atoms with E-state index in [-0.39, 0.29) is 0 Å². The molecule has 0 spiro atoms. The molecule has 0 amide bonds. The maximum absolute atomic E-state index is 8.75. The standard InChI is InChI=1S/C15H12N2O/c16-9-11(17)7-10-5-6-15-13(8-10)12-3-1-2-4-14(12)18-15/h1-6,8,11H,7,17H2. The van der Waals surface area contributed by atoms with Gasteiger partial charge in [0.1, 0.15) is 11.2 Å². The zero-order valence-corrected chi connectivity index (χ0v) is 9.76. The molecule has 1 heterocycles. The van der Waals surface area contributed by atoms with E-state index in [2.05, 4.69) is 6.07 Å². The highest BCUT2D eigenvalue weighted by molar-refractivity contribution is 6.04. The number of fused-ring (bicyclic) bond motifs is 3. The molecule has 0 saturated heterocycles. The molecule has 0 saturated carbocycles. The van der Waals surface area contributed by atoms with E-state index >= 15 is 0 Å². The third-order valence-electron chi connectivity index (χ3n) is 3.06. The summed E-state index contributed by atoms with van der Waals surface area (Å²) in [7, 11) is 0. The van der Waals surface area contributed by atoms with Crippen molar-refractivity contribution in [1.29, 1.82) is 5.26 Å². The number of furan rings is 1. The van der Waals surface area contributed by atoms with Crippen molar-refractivity contribution in [3.8, 4) is 6.07 Å². The van der Waals surface area contributed by atoms with Crippen molar-refractivity contribution in [2.24, 2.45) is 5.73 Å². The number of nitrogens with zero attached hydrogens (tertiary/aromatic N) is 1. The lowest BCUT2D eigenvalue weighted by molar-refractivity contribution is 0.668. The number of para-hydroxylation sites is 1. The number of rotatable bonds is 2. The van der Waals surface area contributed by atoms with Crippen LogP contribution in [0.3, 0.4) is 0 Å². The van der Waals surface area contributed by atoms with Gasteiger partial charge in [0.15, 0.2) is 0 Å². The van der Waals surface area contributed by atoms with Gasteiger partial charge in [0.2, 0.25) is 0 Å². The topological polar surface area (TPSA) is 63.0 Å². The highest BCUT2D eigenvalue weighted by Gasteiger charge is 2.08. The molecule has 3 rings (SSSR count). The van der Waals surface area contributed by atoms with E-state index in [1.54, 1.807) is 0 Å². The zero-order valence-electron chi connectivity index (χ0n) is 9.76. The molecule has 3 aromatic rings. The van der Waals surface area contributed by atoms with E-state index < -0.39 is 6.04 Å². The van der Waals surface area contributed by atoms with Crippen molar-refractivity contribution < 1.29 is 4.42 Å². The Morgan fingerprint density at radius 2 is 1.89 bits per heavy atom. The van der Waals surface area contributed by atoms with Gasteiger partial charge in [0.05, 0.1) is 12.1 Å². The molecule has 18 heavy (non-hydrogen) atoms. The van der Waals surface area contributed by atoms with Crippen LogP contribution >= 0.6 is 0 Å². The Morgan fingerprint density at radius 3 is 2.72 bits per heavy atom. The first-order valence-corrected chi connectivity index (χ1v) is 5.83. The Bertz CT molecular complexity index is 752. The molecule has 2 aromatic carbocycles. The van der Waals surface area contributed by atoms with Gasteiger partial charge in [-0.05, 0) is 23.8 Å². The minimum atomic E-state index is -0.458. The summed E-state index contributed by atoms with van der Waals surface area (Å²) in [4.78, 5) is 0. The highest BCUT2D eigenvalue weighted by atomic mass is 16.3. The normalized spacial score (nSPS) is 12.7. The SMILES string of the molecule is N#CC(N)Cc1ccc2oc3ccccc3c2c1. The highest BCUT2D eigenvalue weighted by Crippen LogP contribution is 2.29. The predicted molar refractivity (Wildman–Crippen MR) is 71.0 cm³/mol. The quantitative estimate of drug-likeness (QED) is 0.744. The van der Waals surface area contributed by atoms with Crippen molar-refractivity contribution in [3.05, 3.63) is 48.0 Å². The Morgan fingerprint density at radius 1 is 1.11 bits per heavy atom. The van der Waals surface area contributed by atoms with Crippen molar-refractivity contribution in [2.75, 3.05) is 0 Å². The van der Waals surface area contributed by atoms with Gasteiger partial charge < -0.3 is 10.2 Å². The molecule has 3 heteroatoms. The fraction of sp³-hybridized carbons (Fsp3) is 0.133. The van der Waals surface area contributed by atoms with Crippen LogP contribution in [-0.4, -0.2) is 6.04 Å². The van der Waals surface area contributed by atoms with Crippen molar-refractivity contribution in [3.63, 3.8) is 0 Å². The Kier molecular flexibility index (Phi) is 2.51. The summed E-state index contributed by atoms with van der Waals surface area (Å²) < 4.78 is 5.74. The van der Waals surface area contributed by atoms with E-state index in [0.717, 1.165) is 27.5 Å². The molecule has 1 aromatic heterocycles. The predicted octanol–water partition coefficient (Wildman–Crippen LogP) is 2.98. The lowest BCUT2D eigenvalue weighted by Gasteiger charge is -2.02. The molecule has 0 radical (unpaired) electrons. The van der Waals surface area contributed by atoms with Gasteiger partial charge in [-0.3, -0.25) is 0 Å². The maximum atomic E-state index is 8.75. The Labute approximate surface area is 104 Å². The van der Waals surface area contributed by atoms with Crippen LogP contribution in [0.25, 0.3) is 21.9 Å². The molecule has 2 N–H and O–H groups in total. The lowest BCUT2D eigenvalue weighted by atomic mass is 10.0. The smallest absolute Gasteiger partial charge is 0.135 e. The molecule has 0 aliphatic heterocycles. The van der Waals surface area contributed by atoms with Crippen LogP contribution in [0, 0.1) is 11.3 Å². The third-order valence-corrected chi connectivity index (χ3v) is 3.06. The molecular formula is C15H12N2O. The molecule has 88 valence electrons. The Balaban J connectivity index is 2.16. The fourth-order valence-electron chi connectivity index (χ4n) is 2.20. The van der Waals surface area contributed by atoms with Crippen LogP contribution in [0.4, 0.5) is 0 Å². The zero-order chi connectivity index (χ0) is 12.5. The van der Waals surface area contributed by atoms with Crippen LogP contribution in [-0.2, 0) is 6.42 Å². The number of nitrogens with two attached hydrogens (primary N) is 1. The lowest BCUT2D eigenvalue weighted by Crippen LogP contribution is -2.19. The van der Waals surface area contributed by atoms with Gasteiger partial charge in [-0.15, -0.1) is 0 Å². The monoisotopic (exact) mass is 236 g/mol. The first kappa shape index (κ1) is 10.8.